The molecule has 0 saturated carbocycles. The van der Waals surface area contributed by atoms with Crippen molar-refractivity contribution in [3.8, 4) is 11.5 Å². The molecule has 1 N–H and O–H groups in total. The molecule has 0 fully saturated rings. The number of amides is 1. The second-order valence-electron chi connectivity index (χ2n) is 5.41. The lowest BCUT2D eigenvalue weighted by atomic mass is 10.2. The molecule has 3 rings (SSSR count). The van der Waals surface area contributed by atoms with E-state index in [0.717, 1.165) is 0 Å². The number of benzene rings is 2. The summed E-state index contributed by atoms with van der Waals surface area (Å²) in [5, 5.41) is 13.2. The fourth-order valence-corrected chi connectivity index (χ4v) is 2.25. The Morgan fingerprint density at radius 3 is 2.73 bits per heavy atom. The average molecular weight is 358 g/mol. The quantitative estimate of drug-likeness (QED) is 0.496. The summed E-state index contributed by atoms with van der Waals surface area (Å²) in [7, 11) is 0. The number of nitrogens with zero attached hydrogens (tertiary/aromatic N) is 1. The Morgan fingerprint density at radius 1 is 1.19 bits per heavy atom. The number of hydrogen-bond donors (Lipinski definition) is 1. The Kier molecular flexibility index (Phi) is 4.70. The van der Waals surface area contributed by atoms with Crippen LogP contribution < -0.4 is 14.8 Å². The molecule has 0 aliphatic carbocycles. The Bertz CT molecular complexity index is 881. The molecule has 26 heavy (non-hydrogen) atoms. The highest BCUT2D eigenvalue weighted by Gasteiger charge is 2.22. The van der Waals surface area contributed by atoms with Gasteiger partial charge in [-0.1, -0.05) is 6.07 Å². The Balaban J connectivity index is 1.63. The zero-order valence-corrected chi connectivity index (χ0v) is 13.6. The summed E-state index contributed by atoms with van der Waals surface area (Å²) in [6.07, 6.45) is -1.10. The number of rotatable bonds is 5. The number of fused-ring (bicyclic) bond motifs is 1. The summed E-state index contributed by atoms with van der Waals surface area (Å²) in [5.41, 5.74) is 0.284. The van der Waals surface area contributed by atoms with Crippen LogP contribution in [0.2, 0.25) is 0 Å². The summed E-state index contributed by atoms with van der Waals surface area (Å²) in [4.78, 5) is 34.5. The van der Waals surface area contributed by atoms with Gasteiger partial charge in [-0.2, -0.15) is 0 Å². The third-order valence-electron chi connectivity index (χ3n) is 3.59. The third kappa shape index (κ3) is 3.72. The number of nitrogens with one attached hydrogen (secondary N) is 1. The predicted molar refractivity (Wildman–Crippen MR) is 89.2 cm³/mol. The van der Waals surface area contributed by atoms with Gasteiger partial charge < -0.3 is 19.5 Å². The SMILES string of the molecule is CC(OC(=O)c1ccc2c(c1)OCO2)C(=O)Nc1cccc([N+](=O)[O-])c1. The zero-order valence-electron chi connectivity index (χ0n) is 13.6. The summed E-state index contributed by atoms with van der Waals surface area (Å²) in [6.45, 7) is 1.48. The van der Waals surface area contributed by atoms with Crippen molar-refractivity contribution in [2.24, 2.45) is 0 Å². The van der Waals surface area contributed by atoms with Crippen molar-refractivity contribution >= 4 is 23.3 Å². The van der Waals surface area contributed by atoms with Crippen LogP contribution in [0.4, 0.5) is 11.4 Å². The first-order valence-electron chi connectivity index (χ1n) is 7.60. The van der Waals surface area contributed by atoms with Gasteiger partial charge in [-0.15, -0.1) is 0 Å². The topological polar surface area (TPSA) is 117 Å². The number of non-ortho nitro benzene ring substituents is 1. The summed E-state index contributed by atoms with van der Waals surface area (Å²) in [5.74, 6) is -0.365. The number of esters is 1. The number of anilines is 1. The van der Waals surface area contributed by atoms with Crippen molar-refractivity contribution in [1.29, 1.82) is 0 Å². The molecule has 0 radical (unpaired) electrons. The van der Waals surface area contributed by atoms with Crippen molar-refractivity contribution in [3.05, 3.63) is 58.1 Å². The highest BCUT2D eigenvalue weighted by atomic mass is 16.7. The van der Waals surface area contributed by atoms with E-state index in [9.17, 15) is 19.7 Å². The lowest BCUT2D eigenvalue weighted by Gasteiger charge is -2.13. The van der Waals surface area contributed by atoms with E-state index in [2.05, 4.69) is 5.32 Å². The molecular formula is C17H14N2O7. The number of ether oxygens (including phenoxy) is 3. The normalized spacial score (nSPS) is 13.0. The second-order valence-corrected chi connectivity index (χ2v) is 5.41. The van der Waals surface area contributed by atoms with Gasteiger partial charge in [-0.05, 0) is 31.2 Å². The fourth-order valence-electron chi connectivity index (χ4n) is 2.25. The summed E-state index contributed by atoms with van der Waals surface area (Å²) in [6, 6.07) is 10.0. The van der Waals surface area contributed by atoms with E-state index in [-0.39, 0.29) is 23.7 Å². The van der Waals surface area contributed by atoms with Gasteiger partial charge in [-0.3, -0.25) is 14.9 Å². The number of nitro benzene ring substituents is 1. The van der Waals surface area contributed by atoms with Crippen LogP contribution in [0.15, 0.2) is 42.5 Å². The maximum absolute atomic E-state index is 12.2. The summed E-state index contributed by atoms with van der Waals surface area (Å²) < 4.78 is 15.5. The minimum absolute atomic E-state index is 0.0792. The molecule has 0 spiro atoms. The van der Waals surface area contributed by atoms with Crippen molar-refractivity contribution in [2.75, 3.05) is 12.1 Å². The van der Waals surface area contributed by atoms with Gasteiger partial charge >= 0.3 is 5.97 Å². The fraction of sp³-hybridized carbons (Fsp3) is 0.176. The van der Waals surface area contributed by atoms with E-state index >= 15 is 0 Å². The number of hydrogen-bond acceptors (Lipinski definition) is 7. The predicted octanol–water partition coefficient (Wildman–Crippen LogP) is 2.51. The standard InChI is InChI=1S/C17H14N2O7/c1-10(16(20)18-12-3-2-4-13(8-12)19(22)23)26-17(21)11-5-6-14-15(7-11)25-9-24-14/h2-8,10H,9H2,1H3,(H,18,20). The first-order valence-corrected chi connectivity index (χ1v) is 7.60. The van der Waals surface area contributed by atoms with Crippen LogP contribution in [-0.4, -0.2) is 29.7 Å². The lowest BCUT2D eigenvalue weighted by Crippen LogP contribution is -2.30. The van der Waals surface area contributed by atoms with Gasteiger partial charge in [-0.25, -0.2) is 4.79 Å². The minimum atomic E-state index is -1.10. The molecule has 134 valence electrons. The average Bonchev–Trinajstić information content (AvgIpc) is 3.09. The maximum atomic E-state index is 12.2. The minimum Gasteiger partial charge on any atom is -0.454 e. The van der Waals surface area contributed by atoms with E-state index in [0.29, 0.717) is 11.5 Å². The second kappa shape index (κ2) is 7.09. The third-order valence-corrected chi connectivity index (χ3v) is 3.59. The monoisotopic (exact) mass is 358 g/mol. The molecule has 1 atom stereocenters. The van der Waals surface area contributed by atoms with Crippen LogP contribution in [0.25, 0.3) is 0 Å². The zero-order chi connectivity index (χ0) is 18.7. The van der Waals surface area contributed by atoms with Crippen molar-refractivity contribution in [1.82, 2.24) is 0 Å². The first-order chi connectivity index (χ1) is 12.4. The van der Waals surface area contributed by atoms with Gasteiger partial charge in [0.25, 0.3) is 11.6 Å². The molecule has 2 aromatic carbocycles. The molecule has 0 aromatic heterocycles. The highest BCUT2D eigenvalue weighted by molar-refractivity contribution is 5.97. The van der Waals surface area contributed by atoms with Crippen LogP contribution in [0.5, 0.6) is 11.5 Å². The van der Waals surface area contributed by atoms with E-state index in [1.54, 1.807) is 6.07 Å². The highest BCUT2D eigenvalue weighted by Crippen LogP contribution is 2.32. The van der Waals surface area contributed by atoms with Gasteiger partial charge in [0.2, 0.25) is 6.79 Å². The smallest absolute Gasteiger partial charge is 0.339 e. The van der Waals surface area contributed by atoms with Crippen molar-refractivity contribution < 1.29 is 28.7 Å². The van der Waals surface area contributed by atoms with Crippen LogP contribution >= 0.6 is 0 Å². The van der Waals surface area contributed by atoms with E-state index in [1.807, 2.05) is 0 Å². The molecular weight excluding hydrogens is 344 g/mol. The molecule has 1 amide bonds. The Morgan fingerprint density at radius 2 is 1.96 bits per heavy atom. The Labute approximate surface area is 147 Å². The molecule has 1 unspecified atom stereocenters. The first kappa shape index (κ1) is 17.2. The number of nitro groups is 1. The number of carbonyl (C=O) groups is 2. The molecule has 1 aliphatic heterocycles. The molecule has 0 bridgehead atoms. The van der Waals surface area contributed by atoms with Crippen LogP contribution in [0, 0.1) is 10.1 Å². The van der Waals surface area contributed by atoms with E-state index < -0.39 is 22.9 Å². The molecule has 1 heterocycles. The lowest BCUT2D eigenvalue weighted by molar-refractivity contribution is -0.384. The molecule has 0 saturated heterocycles. The van der Waals surface area contributed by atoms with Crippen LogP contribution in [0.1, 0.15) is 17.3 Å². The van der Waals surface area contributed by atoms with Crippen molar-refractivity contribution in [3.63, 3.8) is 0 Å². The molecule has 2 aromatic rings. The summed E-state index contributed by atoms with van der Waals surface area (Å²) >= 11 is 0. The number of carbonyl (C=O) groups excluding carboxylic acids is 2. The van der Waals surface area contributed by atoms with E-state index in [1.165, 1.54) is 43.3 Å². The molecule has 9 nitrogen and oxygen atoms in total. The van der Waals surface area contributed by atoms with Gasteiger partial charge in [0, 0.05) is 17.8 Å². The van der Waals surface area contributed by atoms with Gasteiger partial charge in [0.05, 0.1) is 10.5 Å². The van der Waals surface area contributed by atoms with Crippen LogP contribution in [-0.2, 0) is 9.53 Å². The largest absolute Gasteiger partial charge is 0.454 e. The van der Waals surface area contributed by atoms with Crippen molar-refractivity contribution in [2.45, 2.75) is 13.0 Å². The Hall–Kier alpha value is -3.62. The molecule has 1 aliphatic rings. The van der Waals surface area contributed by atoms with Crippen LogP contribution in [0.3, 0.4) is 0 Å². The maximum Gasteiger partial charge on any atom is 0.339 e. The van der Waals surface area contributed by atoms with Gasteiger partial charge in [0.1, 0.15) is 0 Å². The molecule has 9 heteroatoms. The van der Waals surface area contributed by atoms with E-state index in [4.69, 9.17) is 14.2 Å². The van der Waals surface area contributed by atoms with Gasteiger partial charge in [0.15, 0.2) is 17.6 Å².